The molecule has 0 aromatic carbocycles. The molecule has 0 amide bonds. The van der Waals surface area contributed by atoms with Crippen LogP contribution in [-0.2, 0) is 6.54 Å². The quantitative estimate of drug-likeness (QED) is 0.767. The lowest BCUT2D eigenvalue weighted by Crippen LogP contribution is -2.39. The molecule has 1 rings (SSSR count). The molecule has 0 atom stereocenters. The lowest BCUT2D eigenvalue weighted by atomic mass is 10.1. The highest BCUT2D eigenvalue weighted by Gasteiger charge is 2.20. The lowest BCUT2D eigenvalue weighted by Gasteiger charge is -2.30. The third-order valence-electron chi connectivity index (χ3n) is 2.99. The largest absolute Gasteiger partial charge is 0.389 e. The van der Waals surface area contributed by atoms with Crippen LogP contribution in [0.15, 0.2) is 18.3 Å². The van der Waals surface area contributed by atoms with Crippen LogP contribution in [0, 0.1) is 5.92 Å². The molecule has 1 heterocycles. The second kappa shape index (κ2) is 7.60. The van der Waals surface area contributed by atoms with Gasteiger partial charge in [-0.05, 0) is 39.3 Å². The van der Waals surface area contributed by atoms with Crippen LogP contribution in [0.2, 0.25) is 0 Å². The number of hydrogen-bond donors (Lipinski definition) is 2. The van der Waals surface area contributed by atoms with Gasteiger partial charge in [0.1, 0.15) is 5.82 Å². The summed E-state index contributed by atoms with van der Waals surface area (Å²) >= 11 is 0. The first-order chi connectivity index (χ1) is 9.33. The number of aromatic nitrogens is 1. The molecule has 114 valence electrons. The van der Waals surface area contributed by atoms with Crippen molar-refractivity contribution in [1.82, 2.24) is 10.3 Å². The first-order valence-corrected chi connectivity index (χ1v) is 7.45. The van der Waals surface area contributed by atoms with Crippen LogP contribution in [0.4, 0.5) is 5.82 Å². The van der Waals surface area contributed by atoms with E-state index >= 15 is 0 Å². The third-order valence-corrected chi connectivity index (χ3v) is 2.99. The number of likely N-dealkylation sites (N-methyl/N-ethyl adjacent to an activating group) is 1. The summed E-state index contributed by atoms with van der Waals surface area (Å²) in [6.45, 7) is 13.4. The maximum absolute atomic E-state index is 10.0. The summed E-state index contributed by atoms with van der Waals surface area (Å²) in [5, 5.41) is 13.5. The van der Waals surface area contributed by atoms with Gasteiger partial charge in [-0.25, -0.2) is 4.98 Å². The smallest absolute Gasteiger partial charge is 0.133 e. The Balaban J connectivity index is 2.81. The van der Waals surface area contributed by atoms with Crippen LogP contribution < -0.4 is 10.2 Å². The minimum Gasteiger partial charge on any atom is -0.389 e. The molecule has 4 nitrogen and oxygen atoms in total. The van der Waals surface area contributed by atoms with Crippen molar-refractivity contribution in [1.29, 1.82) is 0 Å². The summed E-state index contributed by atoms with van der Waals surface area (Å²) in [4.78, 5) is 6.64. The van der Waals surface area contributed by atoms with E-state index in [0.717, 1.165) is 25.5 Å². The number of nitrogens with one attached hydrogen (secondary N) is 1. The van der Waals surface area contributed by atoms with E-state index < -0.39 is 5.60 Å². The lowest BCUT2D eigenvalue weighted by molar-refractivity contribution is 0.0874. The number of aliphatic hydroxyl groups is 1. The summed E-state index contributed by atoms with van der Waals surface area (Å²) < 4.78 is 0. The van der Waals surface area contributed by atoms with Crippen LogP contribution in [0.3, 0.4) is 0 Å². The zero-order valence-corrected chi connectivity index (χ0v) is 13.5. The molecule has 0 aliphatic heterocycles. The maximum Gasteiger partial charge on any atom is 0.133 e. The van der Waals surface area contributed by atoms with Gasteiger partial charge in [-0.15, -0.1) is 0 Å². The Morgan fingerprint density at radius 3 is 2.65 bits per heavy atom. The molecule has 0 aliphatic rings. The van der Waals surface area contributed by atoms with Crippen LogP contribution in [0.25, 0.3) is 0 Å². The summed E-state index contributed by atoms with van der Waals surface area (Å²) in [6.07, 6.45) is 1.81. The summed E-state index contributed by atoms with van der Waals surface area (Å²) in [6, 6.07) is 4.07. The molecular formula is C16H29N3O. The normalized spacial score (nSPS) is 11.9. The van der Waals surface area contributed by atoms with E-state index in [4.69, 9.17) is 0 Å². The molecule has 0 radical (unpaired) electrons. The van der Waals surface area contributed by atoms with Crippen molar-refractivity contribution in [2.45, 2.75) is 46.8 Å². The molecular weight excluding hydrogens is 250 g/mol. The molecule has 1 aromatic rings. The summed E-state index contributed by atoms with van der Waals surface area (Å²) in [5.74, 6) is 1.60. The second-order valence-corrected chi connectivity index (χ2v) is 6.34. The van der Waals surface area contributed by atoms with Gasteiger partial charge in [0.15, 0.2) is 0 Å². The van der Waals surface area contributed by atoms with Crippen molar-refractivity contribution in [3.63, 3.8) is 0 Å². The molecule has 0 bridgehead atoms. The number of pyridine rings is 1. The van der Waals surface area contributed by atoms with E-state index in [2.05, 4.69) is 42.0 Å². The van der Waals surface area contributed by atoms with Gasteiger partial charge >= 0.3 is 0 Å². The van der Waals surface area contributed by atoms with Gasteiger partial charge in [-0.3, -0.25) is 0 Å². The van der Waals surface area contributed by atoms with Crippen LogP contribution in [0.1, 0.15) is 40.2 Å². The highest BCUT2D eigenvalue weighted by atomic mass is 16.3. The first-order valence-electron chi connectivity index (χ1n) is 7.45. The van der Waals surface area contributed by atoms with Crippen molar-refractivity contribution in [3.8, 4) is 0 Å². The zero-order chi connectivity index (χ0) is 15.2. The fraction of sp³-hybridized carbons (Fsp3) is 0.688. The van der Waals surface area contributed by atoms with Crippen molar-refractivity contribution >= 4 is 5.82 Å². The van der Waals surface area contributed by atoms with Crippen molar-refractivity contribution in [2.24, 2.45) is 5.92 Å². The Hall–Kier alpha value is -1.13. The van der Waals surface area contributed by atoms with Gasteiger partial charge in [0.25, 0.3) is 0 Å². The van der Waals surface area contributed by atoms with Crippen LogP contribution >= 0.6 is 0 Å². The molecule has 20 heavy (non-hydrogen) atoms. The van der Waals surface area contributed by atoms with Crippen molar-refractivity contribution in [2.75, 3.05) is 24.5 Å². The maximum atomic E-state index is 10.0. The molecule has 0 spiro atoms. The van der Waals surface area contributed by atoms with Gasteiger partial charge in [0, 0.05) is 31.4 Å². The predicted molar refractivity (Wildman–Crippen MR) is 85.0 cm³/mol. The highest BCUT2D eigenvalue weighted by Crippen LogP contribution is 2.19. The monoisotopic (exact) mass is 279 g/mol. The first kappa shape index (κ1) is 16.9. The molecule has 4 heteroatoms. The van der Waals surface area contributed by atoms with Crippen LogP contribution in [0.5, 0.6) is 0 Å². The number of anilines is 1. The van der Waals surface area contributed by atoms with E-state index in [0.29, 0.717) is 12.5 Å². The molecule has 0 aliphatic carbocycles. The highest BCUT2D eigenvalue weighted by molar-refractivity contribution is 5.47. The van der Waals surface area contributed by atoms with Crippen molar-refractivity contribution < 1.29 is 5.11 Å². The molecule has 0 saturated carbocycles. The average Bonchev–Trinajstić information content (AvgIpc) is 2.35. The topological polar surface area (TPSA) is 48.4 Å². The van der Waals surface area contributed by atoms with Gasteiger partial charge in [-0.2, -0.15) is 0 Å². The number of nitrogens with zero attached hydrogens (tertiary/aromatic N) is 2. The van der Waals surface area contributed by atoms with Gasteiger partial charge in [0.05, 0.1) is 5.60 Å². The van der Waals surface area contributed by atoms with Gasteiger partial charge < -0.3 is 15.3 Å². The molecule has 0 fully saturated rings. The van der Waals surface area contributed by atoms with Crippen LogP contribution in [-0.4, -0.2) is 35.3 Å². The van der Waals surface area contributed by atoms with Gasteiger partial charge in [0.2, 0.25) is 0 Å². The Morgan fingerprint density at radius 1 is 1.40 bits per heavy atom. The minimum absolute atomic E-state index is 0.581. The summed E-state index contributed by atoms with van der Waals surface area (Å²) in [7, 11) is 0. The third kappa shape index (κ3) is 5.88. The Bertz CT molecular complexity index is 399. The standard InChI is InChI=1S/C16H29N3O/c1-6-19(12-16(4,5)20)15-14(8-7-9-18-15)11-17-10-13(2)3/h7-9,13,17,20H,6,10-12H2,1-5H3. The SMILES string of the molecule is CCN(CC(C)(C)O)c1ncccc1CNCC(C)C. The zero-order valence-electron chi connectivity index (χ0n) is 13.5. The molecule has 0 saturated heterocycles. The molecule has 1 aromatic heterocycles. The Labute approximate surface area is 123 Å². The second-order valence-electron chi connectivity index (χ2n) is 6.34. The summed E-state index contributed by atoms with van der Waals surface area (Å²) in [5.41, 5.74) is 0.454. The number of hydrogen-bond acceptors (Lipinski definition) is 4. The number of rotatable bonds is 8. The van der Waals surface area contributed by atoms with E-state index in [-0.39, 0.29) is 0 Å². The predicted octanol–water partition coefficient (Wildman–Crippen LogP) is 2.42. The fourth-order valence-corrected chi connectivity index (χ4v) is 2.15. The Kier molecular flexibility index (Phi) is 6.43. The minimum atomic E-state index is -0.726. The Morgan fingerprint density at radius 2 is 2.10 bits per heavy atom. The van der Waals surface area contributed by atoms with E-state index in [9.17, 15) is 5.11 Å². The molecule has 0 unspecified atom stereocenters. The average molecular weight is 279 g/mol. The van der Waals surface area contributed by atoms with E-state index in [1.54, 1.807) is 0 Å². The fourth-order valence-electron chi connectivity index (χ4n) is 2.15. The molecule has 2 N–H and O–H groups in total. The van der Waals surface area contributed by atoms with E-state index in [1.165, 1.54) is 5.56 Å². The van der Waals surface area contributed by atoms with E-state index in [1.807, 2.05) is 26.1 Å². The van der Waals surface area contributed by atoms with Crippen molar-refractivity contribution in [3.05, 3.63) is 23.9 Å². The van der Waals surface area contributed by atoms with Gasteiger partial charge in [-0.1, -0.05) is 19.9 Å².